The van der Waals surface area contributed by atoms with E-state index in [2.05, 4.69) is 20.9 Å². The fourth-order valence-corrected chi connectivity index (χ4v) is 4.69. The van der Waals surface area contributed by atoms with Gasteiger partial charge < -0.3 is 9.88 Å². The number of halogens is 1. The number of benzene rings is 3. The number of para-hydroxylation sites is 1. The lowest BCUT2D eigenvalue weighted by Gasteiger charge is -2.07. The minimum absolute atomic E-state index is 0.181. The number of thioether (sulfide) groups is 1. The summed E-state index contributed by atoms with van der Waals surface area (Å²) in [6.45, 7) is 0.566. The van der Waals surface area contributed by atoms with Crippen molar-refractivity contribution in [3.05, 3.63) is 106 Å². The first-order valence-electron chi connectivity index (χ1n) is 10.2. The van der Waals surface area contributed by atoms with Crippen molar-refractivity contribution in [3.63, 3.8) is 0 Å². The van der Waals surface area contributed by atoms with E-state index in [1.165, 1.54) is 11.8 Å². The van der Waals surface area contributed by atoms with Crippen molar-refractivity contribution in [1.82, 2.24) is 9.88 Å². The molecule has 33 heavy (non-hydrogen) atoms. The summed E-state index contributed by atoms with van der Waals surface area (Å²) in [5, 5.41) is 14.5. The van der Waals surface area contributed by atoms with Gasteiger partial charge >= 0.3 is 0 Å². The van der Waals surface area contributed by atoms with Crippen LogP contribution in [0, 0.1) is 11.3 Å². The molecule has 0 saturated carbocycles. The maximum atomic E-state index is 12.6. The van der Waals surface area contributed by atoms with Crippen LogP contribution in [0.5, 0.6) is 0 Å². The van der Waals surface area contributed by atoms with E-state index in [1.54, 1.807) is 24.3 Å². The van der Waals surface area contributed by atoms with Crippen LogP contribution in [0.2, 0.25) is 5.02 Å². The third-order valence-corrected chi connectivity index (χ3v) is 6.45. The topological polar surface area (TPSA) is 70.2 Å². The van der Waals surface area contributed by atoms with Crippen molar-refractivity contribution < 1.29 is 4.79 Å². The first-order valence-corrected chi connectivity index (χ1v) is 11.4. The summed E-state index contributed by atoms with van der Waals surface area (Å²) in [6.07, 6.45) is 3.91. The van der Waals surface area contributed by atoms with Crippen LogP contribution < -0.4 is 5.32 Å². The van der Waals surface area contributed by atoms with Gasteiger partial charge in [0.1, 0.15) is 0 Å². The highest BCUT2D eigenvalue weighted by molar-refractivity contribution is 8.18. The van der Waals surface area contributed by atoms with Gasteiger partial charge in [-0.05, 0) is 59.8 Å². The van der Waals surface area contributed by atoms with Gasteiger partial charge in [0.25, 0.3) is 5.91 Å². The number of hydrogen-bond donors (Lipinski definition) is 1. The number of amides is 1. The molecule has 1 aliphatic rings. The Bertz CT molecular complexity index is 1480. The van der Waals surface area contributed by atoms with Gasteiger partial charge in [0.05, 0.1) is 22.2 Å². The zero-order valence-corrected chi connectivity index (χ0v) is 18.9. The maximum absolute atomic E-state index is 12.6. The van der Waals surface area contributed by atoms with Gasteiger partial charge in [0.15, 0.2) is 5.17 Å². The monoisotopic (exact) mass is 468 g/mol. The Kier molecular flexibility index (Phi) is 5.74. The smallest absolute Gasteiger partial charge is 0.264 e. The molecule has 2 heterocycles. The Hall–Kier alpha value is -3.79. The van der Waals surface area contributed by atoms with Gasteiger partial charge in [-0.1, -0.05) is 48.0 Å². The summed E-state index contributed by atoms with van der Waals surface area (Å²) >= 11 is 7.24. The van der Waals surface area contributed by atoms with Gasteiger partial charge in [0, 0.05) is 34.2 Å². The number of amidine groups is 1. The first kappa shape index (κ1) is 21.1. The quantitative estimate of drug-likeness (QED) is 0.367. The molecule has 3 aromatic carbocycles. The van der Waals surface area contributed by atoms with E-state index in [0.717, 1.165) is 27.7 Å². The van der Waals surface area contributed by atoms with E-state index in [1.807, 2.05) is 60.8 Å². The molecule has 7 heteroatoms. The lowest BCUT2D eigenvalue weighted by Crippen LogP contribution is -2.19. The maximum Gasteiger partial charge on any atom is 0.264 e. The van der Waals surface area contributed by atoms with E-state index >= 15 is 0 Å². The summed E-state index contributed by atoms with van der Waals surface area (Å²) in [4.78, 5) is 17.7. The minimum Gasteiger partial charge on any atom is -0.342 e. The average Bonchev–Trinajstić information content (AvgIpc) is 3.35. The SMILES string of the molecule is N#Cc1ccccc1Cn1cc(/C=C2\SC(=Nc3ccc(Cl)cc3)NC2=O)c2ccccc21. The largest absolute Gasteiger partial charge is 0.342 e. The Morgan fingerprint density at radius 1 is 1.06 bits per heavy atom. The van der Waals surface area contributed by atoms with Crippen LogP contribution >= 0.6 is 23.4 Å². The Balaban J connectivity index is 1.48. The second kappa shape index (κ2) is 8.99. The van der Waals surface area contributed by atoms with E-state index in [0.29, 0.717) is 27.2 Å². The zero-order chi connectivity index (χ0) is 22.8. The van der Waals surface area contributed by atoms with Gasteiger partial charge in [-0.15, -0.1) is 0 Å². The number of aromatic nitrogens is 1. The van der Waals surface area contributed by atoms with Crippen LogP contribution in [-0.4, -0.2) is 15.6 Å². The standard InChI is InChI=1S/C26H17ClN4OS/c27-20-9-11-21(12-10-20)29-26-30-25(32)24(33-26)13-19-16-31(23-8-4-3-7-22(19)23)15-18-6-2-1-5-17(18)14-28/h1-13,16H,15H2,(H,29,30,32)/b24-13-. The highest BCUT2D eigenvalue weighted by Crippen LogP contribution is 2.31. The third-order valence-electron chi connectivity index (χ3n) is 5.29. The molecule has 0 bridgehead atoms. The van der Waals surface area contributed by atoms with Crippen molar-refractivity contribution in [2.75, 3.05) is 0 Å². The van der Waals surface area contributed by atoms with Crippen molar-refractivity contribution in [1.29, 1.82) is 5.26 Å². The first-order chi connectivity index (χ1) is 16.1. The Morgan fingerprint density at radius 3 is 2.64 bits per heavy atom. The molecule has 1 saturated heterocycles. The van der Waals surface area contributed by atoms with E-state index in [9.17, 15) is 10.1 Å². The van der Waals surface area contributed by atoms with Crippen LogP contribution in [0.1, 0.15) is 16.7 Å². The lowest BCUT2D eigenvalue weighted by atomic mass is 10.1. The molecule has 1 amide bonds. The summed E-state index contributed by atoms with van der Waals surface area (Å²) in [7, 11) is 0. The summed E-state index contributed by atoms with van der Waals surface area (Å²) in [6, 6.07) is 25.0. The lowest BCUT2D eigenvalue weighted by molar-refractivity contribution is -0.115. The van der Waals surface area contributed by atoms with Crippen LogP contribution in [0.3, 0.4) is 0 Å². The van der Waals surface area contributed by atoms with Crippen molar-refractivity contribution in [2.45, 2.75) is 6.54 Å². The van der Waals surface area contributed by atoms with Gasteiger partial charge in [-0.25, -0.2) is 4.99 Å². The molecular weight excluding hydrogens is 452 g/mol. The molecule has 0 radical (unpaired) electrons. The van der Waals surface area contributed by atoms with Crippen molar-refractivity contribution in [3.8, 4) is 6.07 Å². The third kappa shape index (κ3) is 4.42. The van der Waals surface area contributed by atoms with Crippen LogP contribution in [0.25, 0.3) is 17.0 Å². The second-order valence-corrected chi connectivity index (χ2v) is 8.92. The van der Waals surface area contributed by atoms with Crippen molar-refractivity contribution >= 4 is 57.1 Å². The zero-order valence-electron chi connectivity index (χ0n) is 17.3. The number of nitriles is 1. The minimum atomic E-state index is -0.181. The Morgan fingerprint density at radius 2 is 1.82 bits per heavy atom. The molecule has 0 unspecified atom stereocenters. The number of carbonyl (C=O) groups excluding carboxylic acids is 1. The molecule has 5 rings (SSSR count). The summed E-state index contributed by atoms with van der Waals surface area (Å²) in [5.41, 5.74) is 4.30. The fourth-order valence-electron chi connectivity index (χ4n) is 3.73. The molecule has 5 nitrogen and oxygen atoms in total. The number of rotatable bonds is 4. The number of fused-ring (bicyclic) bond motifs is 1. The summed E-state index contributed by atoms with van der Waals surface area (Å²) < 4.78 is 2.11. The molecular formula is C26H17ClN4OS. The number of hydrogen-bond acceptors (Lipinski definition) is 4. The fraction of sp³-hybridized carbons (Fsp3) is 0.0385. The highest BCUT2D eigenvalue weighted by Gasteiger charge is 2.24. The summed E-state index contributed by atoms with van der Waals surface area (Å²) in [5.74, 6) is -0.181. The van der Waals surface area contributed by atoms with Gasteiger partial charge in [0.2, 0.25) is 0 Å². The number of nitrogens with one attached hydrogen (secondary N) is 1. The van der Waals surface area contributed by atoms with Crippen LogP contribution in [0.15, 0.2) is 88.9 Å². The molecule has 1 N–H and O–H groups in total. The van der Waals surface area contributed by atoms with E-state index in [4.69, 9.17) is 11.6 Å². The van der Waals surface area contributed by atoms with Gasteiger partial charge in [-0.2, -0.15) is 5.26 Å². The molecule has 1 aromatic heterocycles. The molecule has 1 aliphatic heterocycles. The predicted molar refractivity (Wildman–Crippen MR) is 134 cm³/mol. The van der Waals surface area contributed by atoms with Crippen LogP contribution in [0.4, 0.5) is 5.69 Å². The number of carbonyl (C=O) groups is 1. The molecule has 0 atom stereocenters. The molecule has 0 aliphatic carbocycles. The van der Waals surface area contributed by atoms with Crippen LogP contribution in [-0.2, 0) is 11.3 Å². The number of nitrogens with zero attached hydrogens (tertiary/aromatic N) is 3. The van der Waals surface area contributed by atoms with E-state index in [-0.39, 0.29) is 5.91 Å². The average molecular weight is 469 g/mol. The van der Waals surface area contributed by atoms with E-state index < -0.39 is 0 Å². The molecule has 160 valence electrons. The molecule has 4 aromatic rings. The highest BCUT2D eigenvalue weighted by atomic mass is 35.5. The predicted octanol–water partition coefficient (Wildman–Crippen LogP) is 6.11. The normalized spacial score (nSPS) is 15.8. The van der Waals surface area contributed by atoms with Crippen molar-refractivity contribution in [2.24, 2.45) is 4.99 Å². The molecule has 1 fully saturated rings. The number of aliphatic imine (C=N–C) groups is 1. The molecule has 0 spiro atoms. The second-order valence-electron chi connectivity index (χ2n) is 7.46. The van der Waals surface area contributed by atoms with Gasteiger partial charge in [-0.3, -0.25) is 4.79 Å². The Labute approximate surface area is 200 Å².